The number of hydrogen-bond acceptors (Lipinski definition) is 4. The Labute approximate surface area is 155 Å². The fourth-order valence-corrected chi connectivity index (χ4v) is 4.28. The van der Waals surface area contributed by atoms with Gasteiger partial charge in [-0.05, 0) is 55.2 Å². The number of aromatic nitrogens is 1. The van der Waals surface area contributed by atoms with E-state index in [9.17, 15) is 9.18 Å². The summed E-state index contributed by atoms with van der Waals surface area (Å²) < 4.78 is 14.1. The molecular weight excluding hydrogens is 349 g/mol. The summed E-state index contributed by atoms with van der Waals surface area (Å²) in [5.41, 5.74) is 1.56. The number of halogens is 1. The number of fused-ring (bicyclic) bond motifs is 1. The summed E-state index contributed by atoms with van der Waals surface area (Å²) in [5, 5.41) is 4.05. The second-order valence-electron chi connectivity index (χ2n) is 6.61. The van der Waals surface area contributed by atoms with E-state index in [4.69, 9.17) is 4.98 Å². The van der Waals surface area contributed by atoms with Crippen LogP contribution in [0.4, 0.5) is 9.52 Å². The highest BCUT2D eigenvalue weighted by Crippen LogP contribution is 2.31. The van der Waals surface area contributed by atoms with Crippen LogP contribution < -0.4 is 10.2 Å². The summed E-state index contributed by atoms with van der Waals surface area (Å²) in [6, 6.07) is 13.9. The molecule has 2 heterocycles. The van der Waals surface area contributed by atoms with Crippen molar-refractivity contribution in [3.05, 3.63) is 59.9 Å². The maximum absolute atomic E-state index is 12.9. The number of amides is 1. The van der Waals surface area contributed by atoms with Crippen LogP contribution in [0.15, 0.2) is 48.5 Å². The van der Waals surface area contributed by atoms with Gasteiger partial charge in [0.1, 0.15) is 5.82 Å². The number of benzene rings is 2. The third-order valence-electron chi connectivity index (χ3n) is 4.83. The average Bonchev–Trinajstić information content (AvgIpc) is 3.11. The van der Waals surface area contributed by atoms with Crippen molar-refractivity contribution in [2.75, 3.05) is 24.5 Å². The molecule has 0 radical (unpaired) electrons. The number of nitrogens with zero attached hydrogens (tertiary/aromatic N) is 2. The van der Waals surface area contributed by atoms with Crippen LogP contribution >= 0.6 is 11.3 Å². The summed E-state index contributed by atoms with van der Waals surface area (Å²) >= 11 is 1.74. The monoisotopic (exact) mass is 369 g/mol. The van der Waals surface area contributed by atoms with Crippen LogP contribution in [-0.2, 0) is 0 Å². The summed E-state index contributed by atoms with van der Waals surface area (Å²) in [4.78, 5) is 19.2. The van der Waals surface area contributed by atoms with Gasteiger partial charge in [-0.3, -0.25) is 4.79 Å². The summed E-state index contributed by atoms with van der Waals surface area (Å²) in [5.74, 6) is -0.00704. The van der Waals surface area contributed by atoms with Gasteiger partial charge in [0.05, 0.1) is 10.2 Å². The number of anilines is 1. The van der Waals surface area contributed by atoms with Crippen LogP contribution in [0.5, 0.6) is 0 Å². The van der Waals surface area contributed by atoms with E-state index in [1.807, 2.05) is 18.2 Å². The third kappa shape index (κ3) is 3.70. The van der Waals surface area contributed by atoms with Crippen molar-refractivity contribution in [1.82, 2.24) is 10.3 Å². The fraction of sp³-hybridized carbons (Fsp3) is 0.300. The zero-order chi connectivity index (χ0) is 17.9. The summed E-state index contributed by atoms with van der Waals surface area (Å²) in [7, 11) is 0. The second-order valence-corrected chi connectivity index (χ2v) is 7.62. The molecule has 4 nitrogen and oxygen atoms in total. The Balaban J connectivity index is 1.29. The number of rotatable bonds is 4. The number of thiazole rings is 1. The molecule has 1 aliphatic rings. The minimum absolute atomic E-state index is 0.140. The van der Waals surface area contributed by atoms with Gasteiger partial charge in [-0.15, -0.1) is 0 Å². The Morgan fingerprint density at radius 3 is 2.62 bits per heavy atom. The van der Waals surface area contributed by atoms with Crippen molar-refractivity contribution in [2.45, 2.75) is 12.8 Å². The molecule has 0 spiro atoms. The van der Waals surface area contributed by atoms with Crippen LogP contribution in [0.3, 0.4) is 0 Å². The summed E-state index contributed by atoms with van der Waals surface area (Å²) in [6.45, 7) is 2.57. The van der Waals surface area contributed by atoms with E-state index < -0.39 is 0 Å². The highest BCUT2D eigenvalue weighted by atomic mass is 32.1. The largest absolute Gasteiger partial charge is 0.352 e. The molecule has 1 N–H and O–H groups in total. The van der Waals surface area contributed by atoms with Crippen LogP contribution in [0.25, 0.3) is 10.2 Å². The highest BCUT2D eigenvalue weighted by molar-refractivity contribution is 7.22. The lowest BCUT2D eigenvalue weighted by molar-refractivity contribution is 0.0945. The first kappa shape index (κ1) is 17.0. The molecule has 1 aliphatic heterocycles. The molecule has 1 saturated heterocycles. The standard InChI is InChI=1S/C20H20FN3OS/c21-16-7-5-15(6-8-16)19(25)22-13-14-9-11-24(12-10-14)20-23-17-3-1-2-4-18(17)26-20/h1-8,14H,9-13H2,(H,22,25). The predicted octanol–water partition coefficient (Wildman–Crippen LogP) is 4.08. The van der Waals surface area contributed by atoms with Crippen molar-refractivity contribution < 1.29 is 9.18 Å². The minimum Gasteiger partial charge on any atom is -0.352 e. The van der Waals surface area contributed by atoms with Crippen molar-refractivity contribution in [2.24, 2.45) is 5.92 Å². The molecule has 6 heteroatoms. The quantitative estimate of drug-likeness (QED) is 0.754. The first-order valence-corrected chi connectivity index (χ1v) is 9.65. The number of hydrogen-bond donors (Lipinski definition) is 1. The van der Waals surface area contributed by atoms with Gasteiger partial charge in [0.2, 0.25) is 0 Å². The number of para-hydroxylation sites is 1. The van der Waals surface area contributed by atoms with Gasteiger partial charge in [-0.2, -0.15) is 0 Å². The SMILES string of the molecule is O=C(NCC1CCN(c2nc3ccccc3s2)CC1)c1ccc(F)cc1. The van der Waals surface area contributed by atoms with Crippen LogP contribution in [0, 0.1) is 11.7 Å². The van der Waals surface area contributed by atoms with Gasteiger partial charge in [0.25, 0.3) is 5.91 Å². The number of nitrogens with one attached hydrogen (secondary N) is 1. The topological polar surface area (TPSA) is 45.2 Å². The Morgan fingerprint density at radius 1 is 1.15 bits per heavy atom. The Hall–Kier alpha value is -2.47. The minimum atomic E-state index is -0.330. The number of carbonyl (C=O) groups excluding carboxylic acids is 1. The van der Waals surface area contributed by atoms with Crippen molar-refractivity contribution in [1.29, 1.82) is 0 Å². The van der Waals surface area contributed by atoms with Gasteiger partial charge in [0, 0.05) is 25.2 Å². The number of carbonyl (C=O) groups is 1. The molecular formula is C20H20FN3OS. The van der Waals surface area contributed by atoms with E-state index in [0.717, 1.165) is 36.6 Å². The van der Waals surface area contributed by atoms with Crippen molar-refractivity contribution in [3.63, 3.8) is 0 Å². The van der Waals surface area contributed by atoms with Crippen LogP contribution in [0.1, 0.15) is 23.2 Å². The highest BCUT2D eigenvalue weighted by Gasteiger charge is 2.22. The molecule has 0 bridgehead atoms. The van der Waals surface area contributed by atoms with Gasteiger partial charge in [-0.25, -0.2) is 9.37 Å². The molecule has 0 unspecified atom stereocenters. The van der Waals surface area contributed by atoms with Gasteiger partial charge < -0.3 is 10.2 Å². The molecule has 1 aromatic heterocycles. The zero-order valence-corrected chi connectivity index (χ0v) is 15.1. The second kappa shape index (κ2) is 7.41. The lowest BCUT2D eigenvalue weighted by Crippen LogP contribution is -2.38. The Bertz CT molecular complexity index is 868. The van der Waals surface area contributed by atoms with E-state index in [1.165, 1.54) is 29.0 Å². The smallest absolute Gasteiger partial charge is 0.251 e. The van der Waals surface area contributed by atoms with Gasteiger partial charge in [-0.1, -0.05) is 23.5 Å². The zero-order valence-electron chi connectivity index (χ0n) is 14.3. The number of piperidine rings is 1. The third-order valence-corrected chi connectivity index (χ3v) is 5.92. The van der Waals surface area contributed by atoms with Crippen molar-refractivity contribution >= 4 is 32.6 Å². The molecule has 2 aromatic carbocycles. The van der Waals surface area contributed by atoms with Crippen molar-refractivity contribution in [3.8, 4) is 0 Å². The molecule has 0 atom stereocenters. The molecule has 1 fully saturated rings. The van der Waals surface area contributed by atoms with E-state index in [0.29, 0.717) is 18.0 Å². The predicted molar refractivity (Wildman–Crippen MR) is 103 cm³/mol. The maximum atomic E-state index is 12.9. The fourth-order valence-electron chi connectivity index (χ4n) is 3.26. The first-order valence-electron chi connectivity index (χ1n) is 8.83. The van der Waals surface area contributed by atoms with Crippen LogP contribution in [-0.4, -0.2) is 30.5 Å². The van der Waals surface area contributed by atoms with E-state index in [2.05, 4.69) is 16.3 Å². The maximum Gasteiger partial charge on any atom is 0.251 e. The molecule has 26 heavy (non-hydrogen) atoms. The van der Waals surface area contributed by atoms with Crippen LogP contribution in [0.2, 0.25) is 0 Å². The molecule has 4 rings (SSSR count). The molecule has 0 aliphatic carbocycles. The lowest BCUT2D eigenvalue weighted by Gasteiger charge is -2.31. The Kier molecular flexibility index (Phi) is 4.84. The molecule has 134 valence electrons. The molecule has 3 aromatic rings. The van der Waals surface area contributed by atoms with Gasteiger partial charge in [0.15, 0.2) is 5.13 Å². The molecule has 0 saturated carbocycles. The van der Waals surface area contributed by atoms with Gasteiger partial charge >= 0.3 is 0 Å². The van der Waals surface area contributed by atoms with E-state index in [-0.39, 0.29) is 11.7 Å². The normalized spacial score (nSPS) is 15.3. The average molecular weight is 369 g/mol. The Morgan fingerprint density at radius 2 is 1.88 bits per heavy atom. The first-order chi connectivity index (χ1) is 12.7. The molecule has 1 amide bonds. The van der Waals surface area contributed by atoms with E-state index in [1.54, 1.807) is 11.3 Å². The van der Waals surface area contributed by atoms with E-state index >= 15 is 0 Å². The summed E-state index contributed by atoms with van der Waals surface area (Å²) in [6.07, 6.45) is 2.05. The lowest BCUT2D eigenvalue weighted by atomic mass is 9.97.